The lowest BCUT2D eigenvalue weighted by atomic mass is 10.2. The van der Waals surface area contributed by atoms with Gasteiger partial charge in [0.15, 0.2) is 5.82 Å². The van der Waals surface area contributed by atoms with Crippen LogP contribution < -0.4 is 10.2 Å². The van der Waals surface area contributed by atoms with E-state index >= 15 is 0 Å². The maximum absolute atomic E-state index is 12.8. The number of alkyl halides is 3. The van der Waals surface area contributed by atoms with Crippen molar-refractivity contribution in [3.63, 3.8) is 0 Å². The summed E-state index contributed by atoms with van der Waals surface area (Å²) in [5, 5.41) is 6.10. The molecular weight excluding hydrogens is 499 g/mol. The topological polar surface area (TPSA) is 61.4 Å². The second-order valence-electron chi connectivity index (χ2n) is 7.99. The Morgan fingerprint density at radius 2 is 1.74 bits per heavy atom. The number of urea groups is 1. The number of hydrogen-bond donors (Lipinski definition) is 1. The Morgan fingerprint density at radius 1 is 1.00 bits per heavy atom. The largest absolute Gasteiger partial charge is 0.416 e. The number of rotatable bonds is 3. The number of aromatic nitrogens is 2. The van der Waals surface area contributed by atoms with E-state index in [-0.39, 0.29) is 6.03 Å². The molecule has 1 aliphatic rings. The van der Waals surface area contributed by atoms with Crippen LogP contribution in [0.25, 0.3) is 21.6 Å². The van der Waals surface area contributed by atoms with Crippen LogP contribution in [0.4, 0.5) is 29.5 Å². The van der Waals surface area contributed by atoms with Gasteiger partial charge in [0.1, 0.15) is 5.82 Å². The number of hydrogen-bond acceptors (Lipinski definition) is 5. The number of carbonyl (C=O) groups is 1. The first kappa shape index (κ1) is 23.4. The third-order valence-electron chi connectivity index (χ3n) is 5.71. The number of carbonyl (C=O) groups excluding carboxylic acids is 1. The molecule has 2 amide bonds. The van der Waals surface area contributed by atoms with Gasteiger partial charge in [-0.15, -0.1) is 11.3 Å². The van der Waals surface area contributed by atoms with Crippen molar-refractivity contribution < 1.29 is 18.0 Å². The number of halogens is 4. The molecule has 0 atom stereocenters. The lowest BCUT2D eigenvalue weighted by Gasteiger charge is -2.35. The number of fused-ring (bicyclic) bond motifs is 1. The zero-order valence-corrected chi connectivity index (χ0v) is 19.8. The quantitative estimate of drug-likeness (QED) is 0.342. The number of benzene rings is 2. The van der Waals surface area contributed by atoms with Crippen molar-refractivity contribution in [2.75, 3.05) is 36.4 Å². The molecule has 0 spiro atoms. The Hall–Kier alpha value is -3.37. The summed E-state index contributed by atoms with van der Waals surface area (Å²) >= 11 is 7.76. The van der Waals surface area contributed by atoms with Gasteiger partial charge in [0.05, 0.1) is 16.0 Å². The first-order valence-corrected chi connectivity index (χ1v) is 12.0. The van der Waals surface area contributed by atoms with E-state index in [4.69, 9.17) is 16.6 Å². The normalized spacial score (nSPS) is 14.4. The molecule has 6 nitrogen and oxygen atoms in total. The molecule has 0 radical (unpaired) electrons. The third-order valence-corrected chi connectivity index (χ3v) is 6.81. The highest BCUT2D eigenvalue weighted by molar-refractivity contribution is 7.13. The summed E-state index contributed by atoms with van der Waals surface area (Å²) in [5.74, 6) is 1.39. The Kier molecular flexibility index (Phi) is 6.24. The van der Waals surface area contributed by atoms with E-state index in [0.717, 1.165) is 33.7 Å². The van der Waals surface area contributed by atoms with Crippen molar-refractivity contribution in [3.05, 3.63) is 70.6 Å². The van der Waals surface area contributed by atoms with Crippen molar-refractivity contribution in [1.29, 1.82) is 0 Å². The van der Waals surface area contributed by atoms with E-state index in [1.54, 1.807) is 22.3 Å². The lowest BCUT2D eigenvalue weighted by molar-refractivity contribution is -0.137. The van der Waals surface area contributed by atoms with Gasteiger partial charge in [-0.1, -0.05) is 17.7 Å². The molecule has 0 saturated carbocycles. The van der Waals surface area contributed by atoms with Gasteiger partial charge < -0.3 is 15.1 Å². The van der Waals surface area contributed by atoms with Crippen molar-refractivity contribution in [2.45, 2.75) is 6.18 Å². The summed E-state index contributed by atoms with van der Waals surface area (Å²) in [6.45, 7) is 1.94. The highest BCUT2D eigenvalue weighted by Gasteiger charge is 2.30. The number of nitrogens with zero attached hydrogens (tertiary/aromatic N) is 4. The van der Waals surface area contributed by atoms with Gasteiger partial charge in [-0.25, -0.2) is 14.8 Å². The maximum Gasteiger partial charge on any atom is 0.416 e. The molecule has 1 aliphatic heterocycles. The molecule has 1 fully saturated rings. The van der Waals surface area contributed by atoms with Gasteiger partial charge in [0.25, 0.3) is 0 Å². The summed E-state index contributed by atoms with van der Waals surface area (Å²) in [6, 6.07) is 13.5. The zero-order chi connectivity index (χ0) is 24.6. The van der Waals surface area contributed by atoms with Crippen LogP contribution in [0, 0.1) is 0 Å². The minimum absolute atomic E-state index is 0.310. The fraction of sp³-hybridized carbons (Fsp3) is 0.208. The highest BCUT2D eigenvalue weighted by atomic mass is 35.5. The smallest absolute Gasteiger partial charge is 0.352 e. The number of nitrogens with one attached hydrogen (secondary N) is 1. The molecular formula is C24H19ClF3N5OS. The SMILES string of the molecule is O=C(Nc1ccc(C(F)(F)F)cc1)N1CCN(c2nc(-c3cccs3)nc3cc(Cl)ccc23)CC1. The van der Waals surface area contributed by atoms with E-state index in [0.29, 0.717) is 42.7 Å². The van der Waals surface area contributed by atoms with Gasteiger partial charge in [0, 0.05) is 42.3 Å². The van der Waals surface area contributed by atoms with Crippen molar-refractivity contribution in [1.82, 2.24) is 14.9 Å². The standard InChI is InChI=1S/C24H19ClF3N5OS/c25-16-5-8-18-19(14-16)30-21(20-2-1-13-35-20)31-22(18)32-9-11-33(12-10-32)23(34)29-17-6-3-15(4-7-17)24(26,27)28/h1-8,13-14H,9-12H2,(H,29,34). The lowest BCUT2D eigenvalue weighted by Crippen LogP contribution is -2.50. The van der Waals surface area contributed by atoms with Crippen LogP contribution in [0.5, 0.6) is 0 Å². The molecule has 3 heterocycles. The van der Waals surface area contributed by atoms with Crippen LogP contribution in [0.15, 0.2) is 60.0 Å². The van der Waals surface area contributed by atoms with Gasteiger partial charge >= 0.3 is 12.2 Å². The van der Waals surface area contributed by atoms with E-state index < -0.39 is 11.7 Å². The average molecular weight is 518 g/mol. The number of amides is 2. The summed E-state index contributed by atoms with van der Waals surface area (Å²) in [4.78, 5) is 26.9. The minimum atomic E-state index is -4.42. The molecule has 180 valence electrons. The van der Waals surface area contributed by atoms with E-state index in [9.17, 15) is 18.0 Å². The molecule has 1 saturated heterocycles. The van der Waals surface area contributed by atoms with Crippen LogP contribution in [0.2, 0.25) is 5.02 Å². The Labute approximate surface area is 208 Å². The molecule has 0 unspecified atom stereocenters. The van der Waals surface area contributed by atoms with E-state index in [2.05, 4.69) is 15.2 Å². The molecule has 0 aliphatic carbocycles. The van der Waals surface area contributed by atoms with E-state index in [1.807, 2.05) is 29.6 Å². The molecule has 11 heteroatoms. The Bertz CT molecular complexity index is 1350. The van der Waals surface area contributed by atoms with Gasteiger partial charge in [-0.05, 0) is 53.9 Å². The monoisotopic (exact) mass is 517 g/mol. The van der Waals surface area contributed by atoms with E-state index in [1.165, 1.54) is 12.1 Å². The Morgan fingerprint density at radius 3 is 2.40 bits per heavy atom. The van der Waals surface area contributed by atoms with Crippen LogP contribution in [-0.2, 0) is 6.18 Å². The molecule has 35 heavy (non-hydrogen) atoms. The first-order valence-electron chi connectivity index (χ1n) is 10.8. The molecule has 0 bridgehead atoms. The van der Waals surface area contributed by atoms with Crippen LogP contribution >= 0.6 is 22.9 Å². The number of piperazine rings is 1. The van der Waals surface area contributed by atoms with Crippen molar-refractivity contribution in [2.24, 2.45) is 0 Å². The second kappa shape index (κ2) is 9.35. The predicted molar refractivity (Wildman–Crippen MR) is 132 cm³/mol. The molecule has 4 aromatic rings. The van der Waals surface area contributed by atoms with Crippen molar-refractivity contribution in [3.8, 4) is 10.7 Å². The summed E-state index contributed by atoms with van der Waals surface area (Å²) < 4.78 is 38.3. The molecule has 2 aromatic heterocycles. The second-order valence-corrected chi connectivity index (χ2v) is 9.37. The number of thiophene rings is 1. The average Bonchev–Trinajstić information content (AvgIpc) is 3.38. The first-order chi connectivity index (χ1) is 16.8. The summed E-state index contributed by atoms with van der Waals surface area (Å²) in [7, 11) is 0. The summed E-state index contributed by atoms with van der Waals surface area (Å²) in [5.41, 5.74) is 0.294. The fourth-order valence-electron chi connectivity index (χ4n) is 3.91. The molecule has 2 aromatic carbocycles. The zero-order valence-electron chi connectivity index (χ0n) is 18.2. The fourth-order valence-corrected chi connectivity index (χ4v) is 4.73. The van der Waals surface area contributed by atoms with Gasteiger partial charge in [-0.2, -0.15) is 13.2 Å². The van der Waals surface area contributed by atoms with Crippen LogP contribution in [-0.4, -0.2) is 47.1 Å². The predicted octanol–water partition coefficient (Wildman–Crippen LogP) is 6.38. The minimum Gasteiger partial charge on any atom is -0.352 e. The third kappa shape index (κ3) is 5.03. The Balaban J connectivity index is 1.31. The summed E-state index contributed by atoms with van der Waals surface area (Å²) in [6.07, 6.45) is -4.42. The molecule has 5 rings (SSSR count). The number of anilines is 2. The van der Waals surface area contributed by atoms with Crippen LogP contribution in [0.3, 0.4) is 0 Å². The highest BCUT2D eigenvalue weighted by Crippen LogP contribution is 2.32. The molecule has 1 N–H and O–H groups in total. The van der Waals surface area contributed by atoms with Crippen LogP contribution in [0.1, 0.15) is 5.56 Å². The maximum atomic E-state index is 12.8. The van der Waals surface area contributed by atoms with Crippen molar-refractivity contribution >= 4 is 51.4 Å². The van der Waals surface area contributed by atoms with Gasteiger partial charge in [0.2, 0.25) is 0 Å². The van der Waals surface area contributed by atoms with Gasteiger partial charge in [-0.3, -0.25) is 0 Å².